The van der Waals surface area contributed by atoms with Crippen molar-refractivity contribution in [2.24, 2.45) is 10.7 Å². The van der Waals surface area contributed by atoms with E-state index in [1.807, 2.05) is 13.1 Å². The lowest BCUT2D eigenvalue weighted by atomic mass is 10.2. The minimum Gasteiger partial charge on any atom is -0.404 e. The van der Waals surface area contributed by atoms with Crippen molar-refractivity contribution in [3.05, 3.63) is 11.8 Å². The van der Waals surface area contributed by atoms with Gasteiger partial charge in [-0.2, -0.15) is 0 Å². The van der Waals surface area contributed by atoms with Crippen LogP contribution in [0.1, 0.15) is 39.5 Å². The van der Waals surface area contributed by atoms with Crippen molar-refractivity contribution >= 4 is 6.21 Å². The average molecular weight is 168 g/mol. The minimum atomic E-state index is 0.936. The van der Waals surface area contributed by atoms with Crippen molar-refractivity contribution in [3.8, 4) is 0 Å². The van der Waals surface area contributed by atoms with Gasteiger partial charge in [0.2, 0.25) is 0 Å². The third-order valence-corrected chi connectivity index (χ3v) is 1.70. The van der Waals surface area contributed by atoms with E-state index in [-0.39, 0.29) is 0 Å². The first-order valence-corrected chi connectivity index (χ1v) is 4.69. The Bertz CT molecular complexity index is 148. The van der Waals surface area contributed by atoms with Crippen LogP contribution in [0, 0.1) is 0 Å². The minimum absolute atomic E-state index is 0.936. The largest absolute Gasteiger partial charge is 0.404 e. The predicted molar refractivity (Wildman–Crippen MR) is 55.4 cm³/mol. The molecule has 0 amide bonds. The van der Waals surface area contributed by atoms with Crippen LogP contribution in [0.15, 0.2) is 16.8 Å². The van der Waals surface area contributed by atoms with Gasteiger partial charge in [0, 0.05) is 12.8 Å². The van der Waals surface area contributed by atoms with Crippen LogP contribution in [0.3, 0.4) is 0 Å². The Morgan fingerprint density at radius 2 is 2.08 bits per heavy atom. The zero-order chi connectivity index (χ0) is 9.23. The van der Waals surface area contributed by atoms with E-state index in [9.17, 15) is 0 Å². The summed E-state index contributed by atoms with van der Waals surface area (Å²) < 4.78 is 0. The molecule has 0 aromatic rings. The smallest absolute Gasteiger partial charge is 0.0389 e. The quantitative estimate of drug-likeness (QED) is 0.480. The monoisotopic (exact) mass is 168 g/mol. The summed E-state index contributed by atoms with van der Waals surface area (Å²) in [6, 6.07) is 0. The molecule has 0 saturated carbocycles. The van der Waals surface area contributed by atoms with Crippen molar-refractivity contribution in [2.75, 3.05) is 6.54 Å². The van der Waals surface area contributed by atoms with Gasteiger partial charge in [-0.05, 0) is 25.1 Å². The second-order valence-corrected chi connectivity index (χ2v) is 3.01. The molecule has 2 heteroatoms. The van der Waals surface area contributed by atoms with Gasteiger partial charge in [-0.15, -0.1) is 0 Å². The molecule has 0 rings (SSSR count). The van der Waals surface area contributed by atoms with E-state index in [2.05, 4.69) is 11.9 Å². The van der Waals surface area contributed by atoms with E-state index in [1.54, 1.807) is 6.20 Å². The molecule has 0 aliphatic heterocycles. The molecule has 2 N–H and O–H groups in total. The standard InChI is InChI=1S/C10H20N2/c1-3-4-5-6-7-12-9-10(2)8-11/h8-9H,3-7,11H2,1-2H3/b10-8-,12-9?. The van der Waals surface area contributed by atoms with Crippen molar-refractivity contribution in [1.29, 1.82) is 0 Å². The molecular formula is C10H20N2. The van der Waals surface area contributed by atoms with Crippen LogP contribution >= 0.6 is 0 Å². The molecule has 0 aliphatic carbocycles. The van der Waals surface area contributed by atoms with E-state index in [4.69, 9.17) is 5.73 Å². The Morgan fingerprint density at radius 1 is 1.33 bits per heavy atom. The summed E-state index contributed by atoms with van der Waals surface area (Å²) in [5, 5.41) is 0. The molecule has 0 aliphatic rings. The van der Waals surface area contributed by atoms with Gasteiger partial charge in [0.25, 0.3) is 0 Å². The first-order chi connectivity index (χ1) is 5.81. The Kier molecular flexibility index (Phi) is 7.76. The van der Waals surface area contributed by atoms with Crippen LogP contribution in [0.4, 0.5) is 0 Å². The molecule has 0 aromatic carbocycles. The summed E-state index contributed by atoms with van der Waals surface area (Å²) in [6.45, 7) is 5.10. The van der Waals surface area contributed by atoms with E-state index in [1.165, 1.54) is 25.7 Å². The summed E-state index contributed by atoms with van der Waals surface area (Å²) in [5.74, 6) is 0. The molecule has 0 unspecified atom stereocenters. The highest BCUT2D eigenvalue weighted by molar-refractivity contribution is 5.77. The van der Waals surface area contributed by atoms with Gasteiger partial charge in [0.05, 0.1) is 0 Å². The van der Waals surface area contributed by atoms with Gasteiger partial charge in [-0.3, -0.25) is 4.99 Å². The Hall–Kier alpha value is -0.790. The number of unbranched alkanes of at least 4 members (excludes halogenated alkanes) is 3. The topological polar surface area (TPSA) is 38.4 Å². The van der Waals surface area contributed by atoms with Crippen molar-refractivity contribution in [1.82, 2.24) is 0 Å². The molecule has 12 heavy (non-hydrogen) atoms. The first-order valence-electron chi connectivity index (χ1n) is 4.69. The summed E-state index contributed by atoms with van der Waals surface area (Å²) in [7, 11) is 0. The first kappa shape index (κ1) is 11.2. The van der Waals surface area contributed by atoms with Gasteiger partial charge in [0.1, 0.15) is 0 Å². The van der Waals surface area contributed by atoms with Crippen LogP contribution in [-0.4, -0.2) is 12.8 Å². The van der Waals surface area contributed by atoms with Crippen molar-refractivity contribution in [3.63, 3.8) is 0 Å². The van der Waals surface area contributed by atoms with Crippen LogP contribution < -0.4 is 5.73 Å². The summed E-state index contributed by atoms with van der Waals surface area (Å²) >= 11 is 0. The van der Waals surface area contributed by atoms with Crippen LogP contribution in [0.5, 0.6) is 0 Å². The molecule has 0 saturated heterocycles. The summed E-state index contributed by atoms with van der Waals surface area (Å²) in [5.41, 5.74) is 6.31. The van der Waals surface area contributed by atoms with E-state index >= 15 is 0 Å². The number of aliphatic imine (C=N–C) groups is 1. The highest BCUT2D eigenvalue weighted by Gasteiger charge is 1.84. The lowest BCUT2D eigenvalue weighted by Gasteiger charge is -1.94. The molecule has 0 fully saturated rings. The fourth-order valence-electron chi connectivity index (χ4n) is 0.881. The zero-order valence-electron chi connectivity index (χ0n) is 8.21. The van der Waals surface area contributed by atoms with Gasteiger partial charge in [-0.25, -0.2) is 0 Å². The second-order valence-electron chi connectivity index (χ2n) is 3.01. The normalized spacial score (nSPS) is 12.7. The summed E-state index contributed by atoms with van der Waals surface area (Å²) in [6.07, 6.45) is 8.51. The fraction of sp³-hybridized carbons (Fsp3) is 0.700. The molecule has 0 radical (unpaired) electrons. The number of hydrogen-bond donors (Lipinski definition) is 1. The highest BCUT2D eigenvalue weighted by Crippen LogP contribution is 1.98. The average Bonchev–Trinajstić information content (AvgIpc) is 2.10. The SMILES string of the molecule is CCCCCCN=C/C(C)=C\N. The van der Waals surface area contributed by atoms with Crippen LogP contribution in [0.25, 0.3) is 0 Å². The number of nitrogens with zero attached hydrogens (tertiary/aromatic N) is 1. The summed E-state index contributed by atoms with van der Waals surface area (Å²) in [4.78, 5) is 4.24. The van der Waals surface area contributed by atoms with Crippen molar-refractivity contribution in [2.45, 2.75) is 39.5 Å². The molecule has 0 spiro atoms. The predicted octanol–water partition coefficient (Wildman–Crippen LogP) is 2.50. The maximum atomic E-state index is 5.28. The molecular weight excluding hydrogens is 148 g/mol. The number of rotatable bonds is 6. The van der Waals surface area contributed by atoms with Crippen LogP contribution in [0.2, 0.25) is 0 Å². The Morgan fingerprint density at radius 3 is 2.67 bits per heavy atom. The van der Waals surface area contributed by atoms with Gasteiger partial charge < -0.3 is 5.73 Å². The van der Waals surface area contributed by atoms with E-state index in [0.717, 1.165) is 12.1 Å². The maximum Gasteiger partial charge on any atom is 0.0389 e. The third-order valence-electron chi connectivity index (χ3n) is 1.70. The number of allylic oxidation sites excluding steroid dienone is 1. The van der Waals surface area contributed by atoms with Gasteiger partial charge in [0.15, 0.2) is 0 Å². The van der Waals surface area contributed by atoms with Gasteiger partial charge in [-0.1, -0.05) is 26.2 Å². The second kappa shape index (κ2) is 8.31. The lowest BCUT2D eigenvalue weighted by molar-refractivity contribution is 0.676. The van der Waals surface area contributed by atoms with Crippen LogP contribution in [-0.2, 0) is 0 Å². The molecule has 0 aromatic heterocycles. The van der Waals surface area contributed by atoms with Crippen molar-refractivity contribution < 1.29 is 0 Å². The van der Waals surface area contributed by atoms with E-state index < -0.39 is 0 Å². The Labute approximate surface area is 75.6 Å². The molecule has 0 atom stereocenters. The number of nitrogens with two attached hydrogens (primary N) is 1. The molecule has 0 heterocycles. The molecule has 0 bridgehead atoms. The lowest BCUT2D eigenvalue weighted by Crippen LogP contribution is -1.87. The maximum absolute atomic E-state index is 5.28. The molecule has 2 nitrogen and oxygen atoms in total. The fourth-order valence-corrected chi connectivity index (χ4v) is 0.881. The van der Waals surface area contributed by atoms with Gasteiger partial charge >= 0.3 is 0 Å². The molecule has 70 valence electrons. The highest BCUT2D eigenvalue weighted by atomic mass is 14.7. The Balaban J connectivity index is 3.25. The third kappa shape index (κ3) is 7.32. The zero-order valence-corrected chi connectivity index (χ0v) is 8.21. The van der Waals surface area contributed by atoms with E-state index in [0.29, 0.717) is 0 Å². The number of hydrogen-bond acceptors (Lipinski definition) is 2.